The van der Waals surface area contributed by atoms with Crippen LogP contribution in [-0.2, 0) is 23.9 Å². The Bertz CT molecular complexity index is 998. The van der Waals surface area contributed by atoms with Gasteiger partial charge in [0.2, 0.25) is 5.91 Å². The summed E-state index contributed by atoms with van der Waals surface area (Å²) in [5.74, 6) is -0.485. The highest BCUT2D eigenvalue weighted by Crippen LogP contribution is 2.29. The molecular formula is C20H17F4N3O2. The lowest BCUT2D eigenvalue weighted by Gasteiger charge is -2.11. The summed E-state index contributed by atoms with van der Waals surface area (Å²) < 4.78 is 58.0. The number of anilines is 1. The number of aromatic nitrogens is 2. The van der Waals surface area contributed by atoms with Crippen molar-refractivity contribution in [1.82, 2.24) is 9.78 Å². The van der Waals surface area contributed by atoms with Gasteiger partial charge in [-0.3, -0.25) is 4.79 Å². The zero-order valence-electron chi connectivity index (χ0n) is 15.3. The molecule has 0 saturated carbocycles. The smallest absolute Gasteiger partial charge is 0.416 e. The standard InChI is InChI=1S/C20H17F4N3O2/c1-29-17-7-4-14(10-16(17)21)11-19(28)26-18-8-9-25-27(18)12-13-2-5-15(6-3-13)20(22,23)24/h2-10H,11-12H2,1H3,(H,26,28). The number of halogens is 4. The van der Waals surface area contributed by atoms with Gasteiger partial charge >= 0.3 is 6.18 Å². The molecule has 9 heteroatoms. The van der Waals surface area contributed by atoms with Gasteiger partial charge in [-0.2, -0.15) is 18.3 Å². The number of nitrogens with zero attached hydrogens (tertiary/aromatic N) is 2. The van der Waals surface area contributed by atoms with Crippen LogP contribution in [0.2, 0.25) is 0 Å². The normalized spacial score (nSPS) is 11.3. The molecule has 1 amide bonds. The van der Waals surface area contributed by atoms with Gasteiger partial charge in [0.05, 0.1) is 31.8 Å². The maximum atomic E-state index is 13.7. The molecule has 0 unspecified atom stereocenters. The van der Waals surface area contributed by atoms with Gasteiger partial charge in [0, 0.05) is 6.07 Å². The Hall–Kier alpha value is -3.36. The summed E-state index contributed by atoms with van der Waals surface area (Å²) in [4.78, 5) is 12.3. The van der Waals surface area contributed by atoms with Crippen molar-refractivity contribution in [3.05, 3.63) is 77.2 Å². The van der Waals surface area contributed by atoms with E-state index in [4.69, 9.17) is 4.74 Å². The van der Waals surface area contributed by atoms with Crippen LogP contribution in [0, 0.1) is 5.82 Å². The summed E-state index contributed by atoms with van der Waals surface area (Å²) in [5.41, 5.74) is 0.325. The van der Waals surface area contributed by atoms with E-state index in [2.05, 4.69) is 10.4 Å². The molecule has 1 heterocycles. The zero-order valence-corrected chi connectivity index (χ0v) is 15.3. The van der Waals surface area contributed by atoms with Crippen molar-refractivity contribution < 1.29 is 27.1 Å². The minimum atomic E-state index is -4.40. The Labute approximate surface area is 163 Å². The highest BCUT2D eigenvalue weighted by molar-refractivity contribution is 5.91. The Balaban J connectivity index is 1.65. The summed E-state index contributed by atoms with van der Waals surface area (Å²) in [6.45, 7) is 0.178. The molecule has 0 aliphatic carbocycles. The fourth-order valence-electron chi connectivity index (χ4n) is 2.73. The third-order valence-corrected chi connectivity index (χ3v) is 4.18. The molecule has 2 aromatic carbocycles. The predicted molar refractivity (Wildman–Crippen MR) is 98.1 cm³/mol. The Morgan fingerprint density at radius 2 is 1.79 bits per heavy atom. The number of hydrogen-bond donors (Lipinski definition) is 1. The molecule has 0 atom stereocenters. The van der Waals surface area contributed by atoms with E-state index in [0.717, 1.165) is 12.1 Å². The van der Waals surface area contributed by atoms with Crippen molar-refractivity contribution in [3.8, 4) is 5.75 Å². The lowest BCUT2D eigenvalue weighted by atomic mass is 10.1. The monoisotopic (exact) mass is 407 g/mol. The molecule has 0 saturated heterocycles. The van der Waals surface area contributed by atoms with Crippen LogP contribution >= 0.6 is 0 Å². The second-order valence-corrected chi connectivity index (χ2v) is 6.26. The van der Waals surface area contributed by atoms with E-state index >= 15 is 0 Å². The van der Waals surface area contributed by atoms with Crippen LogP contribution in [0.15, 0.2) is 54.7 Å². The highest BCUT2D eigenvalue weighted by Gasteiger charge is 2.29. The first-order valence-corrected chi connectivity index (χ1v) is 8.56. The maximum absolute atomic E-state index is 13.7. The molecule has 5 nitrogen and oxygen atoms in total. The number of ether oxygens (including phenoxy) is 1. The van der Waals surface area contributed by atoms with Crippen molar-refractivity contribution in [3.63, 3.8) is 0 Å². The van der Waals surface area contributed by atoms with Crippen molar-refractivity contribution in [2.75, 3.05) is 12.4 Å². The van der Waals surface area contributed by atoms with Crippen LogP contribution in [0.3, 0.4) is 0 Å². The first-order chi connectivity index (χ1) is 13.8. The van der Waals surface area contributed by atoms with Gasteiger partial charge in [-0.15, -0.1) is 0 Å². The van der Waals surface area contributed by atoms with E-state index in [1.165, 1.54) is 42.3 Å². The number of rotatable bonds is 6. The average Bonchev–Trinajstić information content (AvgIpc) is 3.08. The van der Waals surface area contributed by atoms with Gasteiger partial charge in [-0.05, 0) is 35.4 Å². The number of alkyl halides is 3. The Morgan fingerprint density at radius 1 is 1.10 bits per heavy atom. The summed E-state index contributed by atoms with van der Waals surface area (Å²) in [5, 5.41) is 6.75. The summed E-state index contributed by atoms with van der Waals surface area (Å²) >= 11 is 0. The number of methoxy groups -OCH3 is 1. The molecule has 0 spiro atoms. The number of nitrogens with one attached hydrogen (secondary N) is 1. The topological polar surface area (TPSA) is 56.1 Å². The van der Waals surface area contributed by atoms with Crippen LogP contribution in [0.4, 0.5) is 23.4 Å². The molecule has 3 rings (SSSR count). The molecule has 29 heavy (non-hydrogen) atoms. The van der Waals surface area contributed by atoms with Crippen molar-refractivity contribution in [2.45, 2.75) is 19.1 Å². The molecule has 1 aromatic heterocycles. The number of carbonyl (C=O) groups excluding carboxylic acids is 1. The number of benzene rings is 2. The van der Waals surface area contributed by atoms with E-state index in [-0.39, 0.29) is 24.6 Å². The van der Waals surface area contributed by atoms with Crippen molar-refractivity contribution in [2.24, 2.45) is 0 Å². The molecule has 1 N–H and O–H groups in total. The highest BCUT2D eigenvalue weighted by atomic mass is 19.4. The Morgan fingerprint density at radius 3 is 2.41 bits per heavy atom. The third kappa shape index (κ3) is 5.13. The first kappa shape index (κ1) is 20.4. The quantitative estimate of drug-likeness (QED) is 0.621. The van der Waals surface area contributed by atoms with E-state index in [1.54, 1.807) is 12.1 Å². The van der Waals surface area contributed by atoms with Gasteiger partial charge in [0.15, 0.2) is 11.6 Å². The van der Waals surface area contributed by atoms with Gasteiger partial charge in [0.25, 0.3) is 0 Å². The predicted octanol–water partition coefficient (Wildman–Crippen LogP) is 4.28. The van der Waals surface area contributed by atoms with Crippen molar-refractivity contribution in [1.29, 1.82) is 0 Å². The number of amides is 1. The van der Waals surface area contributed by atoms with Crippen LogP contribution < -0.4 is 10.1 Å². The third-order valence-electron chi connectivity index (χ3n) is 4.18. The average molecular weight is 407 g/mol. The maximum Gasteiger partial charge on any atom is 0.416 e. The van der Waals surface area contributed by atoms with Crippen LogP contribution in [0.1, 0.15) is 16.7 Å². The summed E-state index contributed by atoms with van der Waals surface area (Å²) in [6, 6.07) is 10.5. The lowest BCUT2D eigenvalue weighted by molar-refractivity contribution is -0.137. The van der Waals surface area contributed by atoms with Gasteiger partial charge in [0.1, 0.15) is 5.82 Å². The van der Waals surface area contributed by atoms with Crippen LogP contribution in [-0.4, -0.2) is 22.8 Å². The molecule has 0 fully saturated rings. The van der Waals surface area contributed by atoms with Gasteiger partial charge in [-0.1, -0.05) is 18.2 Å². The largest absolute Gasteiger partial charge is 0.494 e. The minimum absolute atomic E-state index is 0.0631. The molecule has 0 aliphatic rings. The van der Waals surface area contributed by atoms with E-state index in [0.29, 0.717) is 16.9 Å². The first-order valence-electron chi connectivity index (χ1n) is 8.56. The molecular weight excluding hydrogens is 390 g/mol. The van der Waals surface area contributed by atoms with E-state index < -0.39 is 17.6 Å². The lowest BCUT2D eigenvalue weighted by Crippen LogP contribution is -2.18. The molecule has 152 valence electrons. The summed E-state index contributed by atoms with van der Waals surface area (Å²) in [7, 11) is 1.35. The number of hydrogen-bond acceptors (Lipinski definition) is 3. The van der Waals surface area contributed by atoms with Crippen LogP contribution in [0.25, 0.3) is 0 Å². The van der Waals surface area contributed by atoms with E-state index in [9.17, 15) is 22.4 Å². The van der Waals surface area contributed by atoms with Crippen LogP contribution in [0.5, 0.6) is 5.75 Å². The molecule has 0 aliphatic heterocycles. The second-order valence-electron chi connectivity index (χ2n) is 6.26. The fourth-order valence-corrected chi connectivity index (χ4v) is 2.73. The van der Waals surface area contributed by atoms with Crippen molar-refractivity contribution >= 4 is 11.7 Å². The second kappa shape index (κ2) is 8.34. The summed E-state index contributed by atoms with van der Waals surface area (Å²) in [6.07, 6.45) is -3.00. The Kier molecular flexibility index (Phi) is 5.86. The molecule has 0 bridgehead atoms. The molecule has 0 radical (unpaired) electrons. The van der Waals surface area contributed by atoms with Gasteiger partial charge < -0.3 is 10.1 Å². The minimum Gasteiger partial charge on any atom is -0.494 e. The zero-order chi connectivity index (χ0) is 21.0. The SMILES string of the molecule is COc1ccc(CC(=O)Nc2ccnn2Cc2ccc(C(F)(F)F)cc2)cc1F. The van der Waals surface area contributed by atoms with Gasteiger partial charge in [-0.25, -0.2) is 9.07 Å². The number of carbonyl (C=O) groups is 1. The molecule has 3 aromatic rings. The fraction of sp³-hybridized carbons (Fsp3) is 0.200. The van der Waals surface area contributed by atoms with E-state index in [1.807, 2.05) is 0 Å².